The molecule has 0 bridgehead atoms. The molecule has 142 valence electrons. The van der Waals surface area contributed by atoms with Crippen LogP contribution in [0.5, 0.6) is 0 Å². The van der Waals surface area contributed by atoms with Crippen LogP contribution in [0.15, 0.2) is 28.4 Å². The number of carbonyl (C=O) groups excluding carboxylic acids is 2. The van der Waals surface area contributed by atoms with Gasteiger partial charge in [0.05, 0.1) is 5.92 Å². The highest BCUT2D eigenvalue weighted by Gasteiger charge is 2.39. The molecule has 3 rings (SSSR count). The number of amides is 2. The van der Waals surface area contributed by atoms with Gasteiger partial charge in [0, 0.05) is 44.5 Å². The van der Waals surface area contributed by atoms with Gasteiger partial charge in [-0.25, -0.2) is 0 Å². The molecule has 2 heterocycles. The molecule has 6 nitrogen and oxygen atoms in total. The first kappa shape index (κ1) is 19.1. The Kier molecular flexibility index (Phi) is 5.59. The number of hydrogen-bond donors (Lipinski definition) is 1. The lowest BCUT2D eigenvalue weighted by Gasteiger charge is -2.32. The average molecular weight is 366 g/mol. The van der Waals surface area contributed by atoms with Crippen LogP contribution in [0, 0.1) is 32.1 Å². The smallest absolute Gasteiger partial charge is 0.227 e. The highest BCUT2D eigenvalue weighted by Crippen LogP contribution is 2.36. The summed E-state index contributed by atoms with van der Waals surface area (Å²) in [6.45, 7) is 5.01. The van der Waals surface area contributed by atoms with Gasteiger partial charge < -0.3 is 10.2 Å². The van der Waals surface area contributed by atoms with Gasteiger partial charge in [-0.05, 0) is 43.5 Å². The maximum absolute atomic E-state index is 12.6. The number of hydrogen-bond acceptors (Lipinski definition) is 4. The quantitative estimate of drug-likeness (QED) is 0.753. The number of aryl methyl sites for hydroxylation is 2. The van der Waals surface area contributed by atoms with Gasteiger partial charge >= 0.3 is 0 Å². The van der Waals surface area contributed by atoms with Crippen LogP contribution in [0.1, 0.15) is 43.2 Å². The first-order chi connectivity index (χ1) is 12.9. The standard InChI is InChI=1S/C21H26N4O2/c1-4-5-10-21(23-24-21)11-12-22-20(27)17-7-9-19(26)25(14-17)18-8-6-15(2)16(3)13-18/h1,6,8,13,17H,5,7,9-12,14H2,2-3H3,(H,22,27). The van der Waals surface area contributed by atoms with E-state index in [0.29, 0.717) is 38.8 Å². The number of carbonyl (C=O) groups is 2. The summed E-state index contributed by atoms with van der Waals surface area (Å²) in [7, 11) is 0. The molecular formula is C21H26N4O2. The predicted molar refractivity (Wildman–Crippen MR) is 104 cm³/mol. The number of benzene rings is 1. The number of rotatable bonds is 7. The van der Waals surface area contributed by atoms with Crippen LogP contribution in [-0.2, 0) is 9.59 Å². The summed E-state index contributed by atoms with van der Waals surface area (Å²) in [6, 6.07) is 5.98. The maximum Gasteiger partial charge on any atom is 0.227 e. The Morgan fingerprint density at radius 1 is 1.33 bits per heavy atom. The first-order valence-corrected chi connectivity index (χ1v) is 9.47. The van der Waals surface area contributed by atoms with E-state index in [1.165, 1.54) is 5.56 Å². The lowest BCUT2D eigenvalue weighted by Crippen LogP contribution is -2.46. The second-order valence-corrected chi connectivity index (χ2v) is 7.44. The summed E-state index contributed by atoms with van der Waals surface area (Å²) in [4.78, 5) is 26.7. The number of terminal acetylenes is 1. The van der Waals surface area contributed by atoms with Crippen molar-refractivity contribution in [1.82, 2.24) is 5.32 Å². The minimum Gasteiger partial charge on any atom is -0.356 e. The zero-order chi connectivity index (χ0) is 19.4. The van der Waals surface area contributed by atoms with E-state index in [1.54, 1.807) is 4.90 Å². The van der Waals surface area contributed by atoms with E-state index in [4.69, 9.17) is 6.42 Å². The predicted octanol–water partition coefficient (Wildman–Crippen LogP) is 3.13. The molecule has 0 radical (unpaired) electrons. The molecule has 2 aliphatic heterocycles. The van der Waals surface area contributed by atoms with Gasteiger partial charge in [-0.2, -0.15) is 10.2 Å². The third-order valence-corrected chi connectivity index (χ3v) is 5.46. The zero-order valence-corrected chi connectivity index (χ0v) is 16.0. The van der Waals surface area contributed by atoms with Crippen molar-refractivity contribution >= 4 is 17.5 Å². The SMILES string of the molecule is C#CCCC1(CCNC(=O)C2CCC(=O)N(c3ccc(C)c(C)c3)C2)N=N1. The molecule has 0 spiro atoms. The lowest BCUT2D eigenvalue weighted by molar-refractivity contribution is -0.127. The Bertz CT molecular complexity index is 803. The monoisotopic (exact) mass is 366 g/mol. The maximum atomic E-state index is 12.6. The minimum atomic E-state index is -0.381. The van der Waals surface area contributed by atoms with Gasteiger partial charge in [0.1, 0.15) is 0 Å². The third kappa shape index (κ3) is 4.54. The molecule has 1 atom stereocenters. The molecule has 0 saturated carbocycles. The highest BCUT2D eigenvalue weighted by molar-refractivity contribution is 5.96. The van der Waals surface area contributed by atoms with Crippen molar-refractivity contribution in [2.45, 2.75) is 51.6 Å². The van der Waals surface area contributed by atoms with E-state index in [2.05, 4.69) is 21.5 Å². The average Bonchev–Trinajstić information content (AvgIpc) is 3.43. The minimum absolute atomic E-state index is 0.0101. The van der Waals surface area contributed by atoms with E-state index in [9.17, 15) is 9.59 Å². The fraction of sp³-hybridized carbons (Fsp3) is 0.524. The molecule has 2 amide bonds. The first-order valence-electron chi connectivity index (χ1n) is 9.47. The second kappa shape index (κ2) is 7.91. The zero-order valence-electron chi connectivity index (χ0n) is 16.0. The highest BCUT2D eigenvalue weighted by atomic mass is 16.2. The number of nitrogens with one attached hydrogen (secondary N) is 1. The third-order valence-electron chi connectivity index (χ3n) is 5.46. The van der Waals surface area contributed by atoms with Gasteiger partial charge in [0.25, 0.3) is 0 Å². The van der Waals surface area contributed by atoms with Crippen LogP contribution >= 0.6 is 0 Å². The summed E-state index contributed by atoms with van der Waals surface area (Å²) >= 11 is 0. The lowest BCUT2D eigenvalue weighted by atomic mass is 9.95. The summed E-state index contributed by atoms with van der Waals surface area (Å²) < 4.78 is 0. The largest absolute Gasteiger partial charge is 0.356 e. The number of nitrogens with zero attached hydrogens (tertiary/aromatic N) is 3. The Morgan fingerprint density at radius 3 is 2.78 bits per heavy atom. The number of anilines is 1. The fourth-order valence-electron chi connectivity index (χ4n) is 3.40. The van der Waals surface area contributed by atoms with Crippen molar-refractivity contribution in [3.8, 4) is 12.3 Å². The van der Waals surface area contributed by atoms with Crippen LogP contribution in [0.25, 0.3) is 0 Å². The molecule has 27 heavy (non-hydrogen) atoms. The van der Waals surface area contributed by atoms with Gasteiger partial charge in [-0.3, -0.25) is 9.59 Å². The van der Waals surface area contributed by atoms with E-state index in [1.807, 2.05) is 32.0 Å². The normalized spacial score (nSPS) is 20.3. The van der Waals surface area contributed by atoms with E-state index >= 15 is 0 Å². The van der Waals surface area contributed by atoms with E-state index < -0.39 is 0 Å². The second-order valence-electron chi connectivity index (χ2n) is 7.44. The summed E-state index contributed by atoms with van der Waals surface area (Å²) in [5.74, 6) is 2.47. The Labute approximate surface area is 160 Å². The Morgan fingerprint density at radius 2 is 2.11 bits per heavy atom. The van der Waals surface area contributed by atoms with E-state index in [0.717, 1.165) is 17.7 Å². The van der Waals surface area contributed by atoms with Gasteiger partial charge in [-0.15, -0.1) is 12.3 Å². The van der Waals surface area contributed by atoms with Crippen LogP contribution in [0.3, 0.4) is 0 Å². The van der Waals surface area contributed by atoms with E-state index in [-0.39, 0.29) is 23.4 Å². The molecule has 1 aromatic carbocycles. The fourth-order valence-corrected chi connectivity index (χ4v) is 3.40. The van der Waals surface area contributed by atoms with Crippen molar-refractivity contribution < 1.29 is 9.59 Å². The van der Waals surface area contributed by atoms with Crippen LogP contribution in [-0.4, -0.2) is 30.6 Å². The van der Waals surface area contributed by atoms with Crippen molar-refractivity contribution in [2.24, 2.45) is 16.1 Å². The molecule has 1 aromatic rings. The summed E-state index contributed by atoms with van der Waals surface area (Å²) in [5.41, 5.74) is 2.81. The Balaban J connectivity index is 1.54. The van der Waals surface area contributed by atoms with Crippen LogP contribution < -0.4 is 10.2 Å². The van der Waals surface area contributed by atoms with Crippen molar-refractivity contribution in [1.29, 1.82) is 0 Å². The summed E-state index contributed by atoms with van der Waals surface area (Å²) in [5, 5.41) is 11.1. The molecule has 6 heteroatoms. The molecule has 1 saturated heterocycles. The summed E-state index contributed by atoms with van der Waals surface area (Å²) in [6.07, 6.45) is 8.31. The number of piperidine rings is 1. The Hall–Kier alpha value is -2.68. The van der Waals surface area contributed by atoms with Crippen LogP contribution in [0.2, 0.25) is 0 Å². The molecule has 1 unspecified atom stereocenters. The van der Waals surface area contributed by atoms with Gasteiger partial charge in [0.2, 0.25) is 11.8 Å². The topological polar surface area (TPSA) is 74.1 Å². The molecule has 0 aromatic heterocycles. The molecule has 1 N–H and O–H groups in total. The van der Waals surface area contributed by atoms with Crippen molar-refractivity contribution in [3.63, 3.8) is 0 Å². The van der Waals surface area contributed by atoms with Crippen LogP contribution in [0.4, 0.5) is 5.69 Å². The van der Waals surface area contributed by atoms with Gasteiger partial charge in [-0.1, -0.05) is 6.07 Å². The van der Waals surface area contributed by atoms with Crippen molar-refractivity contribution in [3.05, 3.63) is 29.3 Å². The molecular weight excluding hydrogens is 340 g/mol. The molecule has 0 aliphatic carbocycles. The van der Waals surface area contributed by atoms with Crippen molar-refractivity contribution in [2.75, 3.05) is 18.0 Å². The molecule has 2 aliphatic rings. The van der Waals surface area contributed by atoms with Gasteiger partial charge in [0.15, 0.2) is 5.66 Å². The molecule has 1 fully saturated rings.